The number of rotatable bonds is 1. The molecule has 0 spiro atoms. The molecule has 1 unspecified atom stereocenters. The van der Waals surface area contributed by atoms with Crippen LogP contribution in [0.4, 0.5) is 0 Å². The van der Waals surface area contributed by atoms with Gasteiger partial charge in [0.15, 0.2) is 6.23 Å². The SMILES string of the molecule is [B]c1cnn(C2CCCCO2)c(=O)c1Br. The molecule has 1 aliphatic rings. The van der Waals surface area contributed by atoms with E-state index in [1.54, 1.807) is 0 Å². The zero-order chi connectivity index (χ0) is 10.8. The molecule has 0 amide bonds. The van der Waals surface area contributed by atoms with Gasteiger partial charge in [-0.05, 0) is 35.2 Å². The molecule has 6 heteroatoms. The molecule has 1 fully saturated rings. The van der Waals surface area contributed by atoms with Crippen molar-refractivity contribution >= 4 is 29.2 Å². The van der Waals surface area contributed by atoms with Gasteiger partial charge in [-0.15, -0.1) is 0 Å². The van der Waals surface area contributed by atoms with Gasteiger partial charge in [0.25, 0.3) is 5.56 Å². The highest BCUT2D eigenvalue weighted by Crippen LogP contribution is 2.19. The highest BCUT2D eigenvalue weighted by molar-refractivity contribution is 9.10. The van der Waals surface area contributed by atoms with E-state index in [-0.39, 0.29) is 11.8 Å². The van der Waals surface area contributed by atoms with Crippen molar-refractivity contribution in [1.29, 1.82) is 0 Å². The number of aromatic nitrogens is 2. The van der Waals surface area contributed by atoms with Gasteiger partial charge in [-0.1, -0.05) is 5.46 Å². The maximum Gasteiger partial charge on any atom is 0.282 e. The molecule has 0 aromatic carbocycles. The Morgan fingerprint density at radius 3 is 3.07 bits per heavy atom. The van der Waals surface area contributed by atoms with Crippen molar-refractivity contribution in [2.45, 2.75) is 25.5 Å². The molecule has 1 saturated heterocycles. The quantitative estimate of drug-likeness (QED) is 0.697. The lowest BCUT2D eigenvalue weighted by atomic mass is 10.00. The molecule has 2 rings (SSSR count). The van der Waals surface area contributed by atoms with Crippen molar-refractivity contribution in [2.75, 3.05) is 6.61 Å². The molecule has 2 radical (unpaired) electrons. The fraction of sp³-hybridized carbons (Fsp3) is 0.556. The fourth-order valence-electron chi connectivity index (χ4n) is 1.58. The minimum atomic E-state index is -0.247. The fourth-order valence-corrected chi connectivity index (χ4v) is 1.86. The standard InChI is InChI=1S/C9H10BBrN2O2/c10-6-5-12-13(9(14)8(6)11)7-3-1-2-4-15-7/h5,7H,1-4H2. The van der Waals surface area contributed by atoms with Crippen LogP contribution in [0.2, 0.25) is 0 Å². The molecule has 1 atom stereocenters. The third-order valence-electron chi connectivity index (χ3n) is 2.40. The van der Waals surface area contributed by atoms with Crippen LogP contribution in [0.15, 0.2) is 15.5 Å². The van der Waals surface area contributed by atoms with Crippen LogP contribution in [-0.4, -0.2) is 24.2 Å². The molecule has 0 aliphatic carbocycles. The summed E-state index contributed by atoms with van der Waals surface area (Å²) in [4.78, 5) is 11.8. The van der Waals surface area contributed by atoms with Crippen molar-refractivity contribution in [1.82, 2.24) is 9.78 Å². The minimum absolute atomic E-state index is 0.234. The Kier molecular flexibility index (Phi) is 3.26. The van der Waals surface area contributed by atoms with Crippen molar-refractivity contribution in [3.63, 3.8) is 0 Å². The second-order valence-electron chi connectivity index (χ2n) is 3.48. The van der Waals surface area contributed by atoms with Crippen LogP contribution in [0.5, 0.6) is 0 Å². The number of ether oxygens (including phenoxy) is 1. The van der Waals surface area contributed by atoms with E-state index < -0.39 is 0 Å². The van der Waals surface area contributed by atoms with Gasteiger partial charge in [-0.3, -0.25) is 4.79 Å². The van der Waals surface area contributed by atoms with Gasteiger partial charge in [0, 0.05) is 12.8 Å². The molecule has 1 aliphatic heterocycles. The molecule has 0 bridgehead atoms. The van der Waals surface area contributed by atoms with Crippen LogP contribution in [0.3, 0.4) is 0 Å². The van der Waals surface area contributed by atoms with Gasteiger partial charge in [0.2, 0.25) is 0 Å². The average molecular weight is 269 g/mol. The topological polar surface area (TPSA) is 44.1 Å². The summed E-state index contributed by atoms with van der Waals surface area (Å²) in [5.74, 6) is 0. The van der Waals surface area contributed by atoms with E-state index in [9.17, 15) is 4.79 Å². The largest absolute Gasteiger partial charge is 0.356 e. The Hall–Kier alpha value is -0.615. The Morgan fingerprint density at radius 1 is 1.60 bits per heavy atom. The Labute approximate surface area is 97.2 Å². The van der Waals surface area contributed by atoms with E-state index in [2.05, 4.69) is 21.0 Å². The monoisotopic (exact) mass is 268 g/mol. The summed E-state index contributed by atoms with van der Waals surface area (Å²) < 4.78 is 7.18. The van der Waals surface area contributed by atoms with Crippen LogP contribution in [-0.2, 0) is 4.74 Å². The van der Waals surface area contributed by atoms with E-state index in [0.29, 0.717) is 16.5 Å². The number of halogens is 1. The van der Waals surface area contributed by atoms with Crippen LogP contribution < -0.4 is 11.0 Å². The summed E-state index contributed by atoms with van der Waals surface area (Å²) in [6, 6.07) is 0. The van der Waals surface area contributed by atoms with E-state index in [1.165, 1.54) is 10.9 Å². The number of nitrogens with zero attached hydrogens (tertiary/aromatic N) is 2. The molecule has 1 aromatic rings. The molecular weight excluding hydrogens is 259 g/mol. The predicted molar refractivity (Wildman–Crippen MR) is 60.4 cm³/mol. The predicted octanol–water partition coefficient (Wildman–Crippen LogP) is 0.499. The van der Waals surface area contributed by atoms with Crippen LogP contribution in [0, 0.1) is 0 Å². The van der Waals surface area contributed by atoms with Gasteiger partial charge in [-0.2, -0.15) is 9.78 Å². The molecule has 2 heterocycles. The zero-order valence-electron chi connectivity index (χ0n) is 8.15. The molecule has 4 nitrogen and oxygen atoms in total. The molecule has 15 heavy (non-hydrogen) atoms. The second kappa shape index (κ2) is 4.49. The van der Waals surface area contributed by atoms with Gasteiger partial charge in [0.1, 0.15) is 7.85 Å². The van der Waals surface area contributed by atoms with Crippen molar-refractivity contribution in [3.05, 3.63) is 21.0 Å². The summed E-state index contributed by atoms with van der Waals surface area (Å²) in [6.45, 7) is 0.681. The lowest BCUT2D eigenvalue weighted by Crippen LogP contribution is -2.34. The van der Waals surface area contributed by atoms with Gasteiger partial charge in [-0.25, -0.2) is 0 Å². The second-order valence-corrected chi connectivity index (χ2v) is 4.28. The highest BCUT2D eigenvalue weighted by Gasteiger charge is 2.18. The molecule has 0 N–H and O–H groups in total. The van der Waals surface area contributed by atoms with Crippen LogP contribution >= 0.6 is 15.9 Å². The molecule has 1 aromatic heterocycles. The Bertz CT molecular complexity index is 415. The van der Waals surface area contributed by atoms with Crippen molar-refractivity contribution in [2.24, 2.45) is 0 Å². The van der Waals surface area contributed by atoms with E-state index in [0.717, 1.165) is 19.3 Å². The lowest BCUT2D eigenvalue weighted by Gasteiger charge is -2.23. The zero-order valence-corrected chi connectivity index (χ0v) is 9.74. The summed E-state index contributed by atoms with van der Waals surface area (Å²) in [5.41, 5.74) is 0.119. The van der Waals surface area contributed by atoms with Crippen LogP contribution in [0.1, 0.15) is 25.5 Å². The normalized spacial score (nSPS) is 21.5. The summed E-state index contributed by atoms with van der Waals surface area (Å²) in [6.07, 6.45) is 4.14. The first-order valence-electron chi connectivity index (χ1n) is 4.84. The maximum absolute atomic E-state index is 11.8. The van der Waals surface area contributed by atoms with E-state index in [1.807, 2.05) is 0 Å². The number of hydrogen-bond acceptors (Lipinski definition) is 3. The third kappa shape index (κ3) is 2.15. The minimum Gasteiger partial charge on any atom is -0.356 e. The smallest absolute Gasteiger partial charge is 0.282 e. The Morgan fingerprint density at radius 2 is 2.40 bits per heavy atom. The first-order valence-corrected chi connectivity index (χ1v) is 5.64. The van der Waals surface area contributed by atoms with Gasteiger partial charge >= 0.3 is 0 Å². The highest BCUT2D eigenvalue weighted by atomic mass is 79.9. The lowest BCUT2D eigenvalue weighted by molar-refractivity contribution is -0.0425. The van der Waals surface area contributed by atoms with E-state index in [4.69, 9.17) is 12.6 Å². The van der Waals surface area contributed by atoms with Crippen molar-refractivity contribution < 1.29 is 4.74 Å². The van der Waals surface area contributed by atoms with Gasteiger partial charge in [0.05, 0.1) is 4.47 Å². The summed E-state index contributed by atoms with van der Waals surface area (Å²) >= 11 is 3.14. The summed E-state index contributed by atoms with van der Waals surface area (Å²) in [7, 11) is 5.56. The van der Waals surface area contributed by atoms with Crippen LogP contribution in [0.25, 0.3) is 0 Å². The molecule has 0 saturated carbocycles. The Balaban J connectivity index is 2.35. The van der Waals surface area contributed by atoms with E-state index >= 15 is 0 Å². The molecular formula is C9H10BBrN2O2. The first-order chi connectivity index (χ1) is 7.20. The summed E-state index contributed by atoms with van der Waals surface area (Å²) in [5, 5.41) is 3.99. The molecule has 78 valence electrons. The van der Waals surface area contributed by atoms with Crippen molar-refractivity contribution in [3.8, 4) is 0 Å². The third-order valence-corrected chi connectivity index (χ3v) is 3.20. The average Bonchev–Trinajstić information content (AvgIpc) is 2.27. The maximum atomic E-state index is 11.8. The number of hydrogen-bond donors (Lipinski definition) is 0. The van der Waals surface area contributed by atoms with Gasteiger partial charge < -0.3 is 4.74 Å². The first kappa shape index (κ1) is 10.9.